The van der Waals surface area contributed by atoms with Crippen molar-refractivity contribution in [3.63, 3.8) is 0 Å². The number of hydrogen-bond acceptors (Lipinski definition) is 7. The first-order chi connectivity index (χ1) is 16.4. The highest BCUT2D eigenvalue weighted by Crippen LogP contribution is 2.33. The summed E-state index contributed by atoms with van der Waals surface area (Å²) in [5, 5.41) is 16.0. The van der Waals surface area contributed by atoms with E-state index in [1.807, 2.05) is 19.1 Å². The summed E-state index contributed by atoms with van der Waals surface area (Å²) >= 11 is 1.38. The Morgan fingerprint density at radius 2 is 1.56 bits per heavy atom. The van der Waals surface area contributed by atoms with E-state index >= 15 is 0 Å². The Kier molecular flexibility index (Phi) is 6.98. The zero-order valence-corrected chi connectivity index (χ0v) is 19.0. The molecule has 1 aliphatic rings. The summed E-state index contributed by atoms with van der Waals surface area (Å²) in [4.78, 5) is 36.0. The van der Waals surface area contributed by atoms with E-state index in [0.717, 1.165) is 4.90 Å². The van der Waals surface area contributed by atoms with Gasteiger partial charge in [0.1, 0.15) is 13.2 Å². The molecule has 0 saturated carbocycles. The van der Waals surface area contributed by atoms with Crippen molar-refractivity contribution >= 4 is 40.6 Å². The lowest BCUT2D eigenvalue weighted by Gasteiger charge is -2.19. The van der Waals surface area contributed by atoms with E-state index in [4.69, 9.17) is 9.47 Å². The summed E-state index contributed by atoms with van der Waals surface area (Å²) in [6.45, 7) is 2.79. The molecule has 2 N–H and O–H groups in total. The molecule has 1 atom stereocenters. The number of nitro benzene ring substituents is 1. The van der Waals surface area contributed by atoms with Gasteiger partial charge in [0, 0.05) is 40.0 Å². The van der Waals surface area contributed by atoms with Crippen molar-refractivity contribution < 1.29 is 24.0 Å². The molecule has 1 heterocycles. The van der Waals surface area contributed by atoms with E-state index < -0.39 is 4.92 Å². The van der Waals surface area contributed by atoms with E-state index in [1.165, 1.54) is 36.0 Å². The molecule has 0 saturated heterocycles. The fourth-order valence-corrected chi connectivity index (χ4v) is 4.04. The largest absolute Gasteiger partial charge is 0.486 e. The molecule has 4 rings (SSSR count). The highest BCUT2D eigenvalue weighted by Gasteiger charge is 2.17. The second-order valence-electron chi connectivity index (χ2n) is 7.39. The molecule has 34 heavy (non-hydrogen) atoms. The molecule has 0 fully saturated rings. The number of non-ortho nitro benzene ring substituents is 1. The highest BCUT2D eigenvalue weighted by molar-refractivity contribution is 8.00. The molecule has 9 nitrogen and oxygen atoms in total. The van der Waals surface area contributed by atoms with Crippen molar-refractivity contribution in [3.8, 4) is 11.5 Å². The first-order valence-corrected chi connectivity index (χ1v) is 11.3. The fraction of sp³-hybridized carbons (Fsp3) is 0.167. The molecule has 1 aliphatic heterocycles. The first kappa shape index (κ1) is 23.1. The monoisotopic (exact) mass is 479 g/mol. The minimum atomic E-state index is -0.518. The summed E-state index contributed by atoms with van der Waals surface area (Å²) in [6, 6.07) is 17.7. The van der Waals surface area contributed by atoms with Crippen molar-refractivity contribution in [2.45, 2.75) is 17.1 Å². The Morgan fingerprint density at radius 3 is 2.24 bits per heavy atom. The van der Waals surface area contributed by atoms with Crippen LogP contribution in [0, 0.1) is 10.1 Å². The molecule has 0 spiro atoms. The van der Waals surface area contributed by atoms with Gasteiger partial charge < -0.3 is 20.1 Å². The molecule has 2 amide bonds. The van der Waals surface area contributed by atoms with E-state index in [-0.39, 0.29) is 22.8 Å². The zero-order valence-electron chi connectivity index (χ0n) is 18.1. The van der Waals surface area contributed by atoms with Crippen LogP contribution in [0.15, 0.2) is 71.6 Å². The van der Waals surface area contributed by atoms with Gasteiger partial charge in [0.05, 0.1) is 10.2 Å². The van der Waals surface area contributed by atoms with Gasteiger partial charge in [0.15, 0.2) is 11.5 Å². The topological polar surface area (TPSA) is 120 Å². The van der Waals surface area contributed by atoms with Crippen LogP contribution < -0.4 is 20.1 Å². The number of anilines is 2. The predicted molar refractivity (Wildman–Crippen MR) is 129 cm³/mol. The van der Waals surface area contributed by atoms with Gasteiger partial charge >= 0.3 is 0 Å². The molecular weight excluding hydrogens is 458 g/mol. The number of hydrogen-bond donors (Lipinski definition) is 2. The summed E-state index contributed by atoms with van der Waals surface area (Å²) in [7, 11) is 0. The predicted octanol–water partition coefficient (Wildman–Crippen LogP) is 4.74. The van der Waals surface area contributed by atoms with Crippen LogP contribution >= 0.6 is 11.8 Å². The van der Waals surface area contributed by atoms with Crippen LogP contribution in [0.2, 0.25) is 0 Å². The number of thioether (sulfide) groups is 1. The molecular formula is C24H21N3O6S. The lowest BCUT2D eigenvalue weighted by atomic mass is 10.2. The molecule has 0 aromatic heterocycles. The van der Waals surface area contributed by atoms with Gasteiger partial charge in [-0.1, -0.05) is 0 Å². The summed E-state index contributed by atoms with van der Waals surface area (Å²) in [5.74, 6) is 0.739. The highest BCUT2D eigenvalue weighted by atomic mass is 32.2. The van der Waals surface area contributed by atoms with Gasteiger partial charge in [0.25, 0.3) is 11.6 Å². The van der Waals surface area contributed by atoms with Crippen LogP contribution in [0.4, 0.5) is 17.1 Å². The van der Waals surface area contributed by atoms with E-state index in [2.05, 4.69) is 10.6 Å². The third-order valence-electron chi connectivity index (χ3n) is 4.94. The average molecular weight is 480 g/mol. The second-order valence-corrected chi connectivity index (χ2v) is 8.80. The van der Waals surface area contributed by atoms with Gasteiger partial charge in [-0.2, -0.15) is 0 Å². The Morgan fingerprint density at radius 1 is 0.912 bits per heavy atom. The standard InChI is InChI=1S/C24H21N3O6S/c1-15(23(28)26-18-6-11-21-22(14-18)33-13-12-32-21)34-20-9-4-17(5-10-20)25-24(29)16-2-7-19(8-3-16)27(30)31/h2-11,14-15H,12-13H2,1H3,(H,25,29)(H,26,28). The van der Waals surface area contributed by atoms with Gasteiger partial charge in [-0.05, 0) is 55.5 Å². The minimum absolute atomic E-state index is 0.0786. The number of carbonyl (C=O) groups is 2. The number of rotatable bonds is 7. The Hall–Kier alpha value is -4.05. The van der Waals surface area contributed by atoms with Crippen molar-refractivity contribution in [1.29, 1.82) is 0 Å². The Balaban J connectivity index is 1.31. The molecule has 0 bridgehead atoms. The molecule has 3 aromatic rings. The number of ether oxygens (including phenoxy) is 2. The normalized spacial score (nSPS) is 13.0. The second kappa shape index (κ2) is 10.3. The van der Waals surface area contributed by atoms with Gasteiger partial charge in [-0.15, -0.1) is 11.8 Å². The molecule has 174 valence electrons. The van der Waals surface area contributed by atoms with Gasteiger partial charge in [-0.3, -0.25) is 19.7 Å². The molecule has 10 heteroatoms. The third kappa shape index (κ3) is 5.65. The summed E-state index contributed by atoms with van der Waals surface area (Å²) in [6.07, 6.45) is 0. The molecule has 1 unspecified atom stereocenters. The van der Waals surface area contributed by atoms with E-state index in [9.17, 15) is 19.7 Å². The van der Waals surface area contributed by atoms with Crippen LogP contribution in [-0.2, 0) is 4.79 Å². The van der Waals surface area contributed by atoms with Gasteiger partial charge in [0.2, 0.25) is 5.91 Å². The Labute approximate surface area is 199 Å². The number of nitrogens with zero attached hydrogens (tertiary/aromatic N) is 1. The van der Waals surface area contributed by atoms with Crippen molar-refractivity contribution in [2.24, 2.45) is 0 Å². The maximum absolute atomic E-state index is 12.6. The van der Waals surface area contributed by atoms with Crippen LogP contribution in [0.1, 0.15) is 17.3 Å². The number of amides is 2. The smallest absolute Gasteiger partial charge is 0.269 e. The Bertz CT molecular complexity index is 1210. The summed E-state index contributed by atoms with van der Waals surface area (Å²) < 4.78 is 11.0. The maximum Gasteiger partial charge on any atom is 0.269 e. The van der Waals surface area contributed by atoms with Crippen molar-refractivity contribution in [3.05, 3.63) is 82.4 Å². The SMILES string of the molecule is CC(Sc1ccc(NC(=O)c2ccc([N+](=O)[O-])cc2)cc1)C(=O)Nc1ccc2c(c1)OCCO2. The third-order valence-corrected chi connectivity index (χ3v) is 6.06. The van der Waals surface area contributed by atoms with Crippen LogP contribution in [0.25, 0.3) is 0 Å². The van der Waals surface area contributed by atoms with Crippen LogP contribution in [0.3, 0.4) is 0 Å². The lowest BCUT2D eigenvalue weighted by molar-refractivity contribution is -0.384. The van der Waals surface area contributed by atoms with Gasteiger partial charge in [-0.25, -0.2) is 0 Å². The quantitative estimate of drug-likeness (QED) is 0.285. The maximum atomic E-state index is 12.6. The number of carbonyl (C=O) groups excluding carboxylic acids is 2. The van der Waals surface area contributed by atoms with E-state index in [0.29, 0.717) is 41.7 Å². The van der Waals surface area contributed by atoms with E-state index in [1.54, 1.807) is 30.3 Å². The lowest BCUT2D eigenvalue weighted by Crippen LogP contribution is -2.22. The van der Waals surface area contributed by atoms with Crippen molar-refractivity contribution in [1.82, 2.24) is 0 Å². The number of benzene rings is 3. The zero-order chi connectivity index (χ0) is 24.1. The molecule has 3 aromatic carbocycles. The number of fused-ring (bicyclic) bond motifs is 1. The van der Waals surface area contributed by atoms with Crippen LogP contribution in [0.5, 0.6) is 11.5 Å². The average Bonchev–Trinajstić information content (AvgIpc) is 2.85. The summed E-state index contributed by atoms with van der Waals surface area (Å²) in [5.41, 5.74) is 1.44. The van der Waals surface area contributed by atoms with Crippen LogP contribution in [-0.4, -0.2) is 35.2 Å². The first-order valence-electron chi connectivity index (χ1n) is 10.4. The van der Waals surface area contributed by atoms with Crippen molar-refractivity contribution in [2.75, 3.05) is 23.8 Å². The molecule has 0 aliphatic carbocycles. The minimum Gasteiger partial charge on any atom is -0.486 e. The number of nitro groups is 1. The fourth-order valence-electron chi connectivity index (χ4n) is 3.18. The molecule has 0 radical (unpaired) electrons. The number of nitrogens with one attached hydrogen (secondary N) is 2.